The maximum absolute atomic E-state index is 13.4. The molecule has 0 radical (unpaired) electrons. The van der Waals surface area contributed by atoms with Crippen molar-refractivity contribution < 1.29 is 13.9 Å². The lowest BCUT2D eigenvalue weighted by atomic mass is 10.2. The quantitative estimate of drug-likeness (QED) is 0.931. The van der Waals surface area contributed by atoms with E-state index < -0.39 is 11.7 Å². The Labute approximate surface area is 121 Å². The summed E-state index contributed by atoms with van der Waals surface area (Å²) < 4.78 is 18.8. The predicted molar refractivity (Wildman–Crippen MR) is 76.7 cm³/mol. The first-order valence-electron chi connectivity index (χ1n) is 5.99. The van der Waals surface area contributed by atoms with Crippen LogP contribution >= 0.6 is 11.6 Å². The van der Waals surface area contributed by atoms with E-state index in [0.29, 0.717) is 10.8 Å². The van der Waals surface area contributed by atoms with Gasteiger partial charge in [0.1, 0.15) is 11.6 Å². The third-order valence-electron chi connectivity index (χ3n) is 2.56. The molecule has 0 unspecified atom stereocenters. The van der Waals surface area contributed by atoms with E-state index in [1.54, 1.807) is 6.07 Å². The summed E-state index contributed by atoms with van der Waals surface area (Å²) in [7, 11) is 0. The van der Waals surface area contributed by atoms with Crippen LogP contribution in [-0.2, 0) is 4.79 Å². The Morgan fingerprint density at radius 1 is 1.30 bits per heavy atom. The first-order valence-corrected chi connectivity index (χ1v) is 6.37. The third kappa shape index (κ3) is 3.96. The van der Waals surface area contributed by atoms with Crippen molar-refractivity contribution in [1.29, 1.82) is 0 Å². The lowest BCUT2D eigenvalue weighted by Gasteiger charge is -2.09. The van der Waals surface area contributed by atoms with Crippen molar-refractivity contribution in [2.24, 2.45) is 0 Å². The van der Waals surface area contributed by atoms with Gasteiger partial charge in [0.15, 0.2) is 6.61 Å². The standard InChI is InChI=1S/C15H13ClFNO2/c1-10-3-2-4-12(7-10)20-9-15(19)18-14-8-11(16)5-6-13(14)17/h2-8H,9H2,1H3,(H,18,19). The van der Waals surface area contributed by atoms with Crippen LogP contribution in [0.2, 0.25) is 5.02 Å². The van der Waals surface area contributed by atoms with E-state index in [4.69, 9.17) is 16.3 Å². The molecule has 5 heteroatoms. The lowest BCUT2D eigenvalue weighted by molar-refractivity contribution is -0.118. The first-order chi connectivity index (χ1) is 9.54. The molecule has 0 spiro atoms. The number of aryl methyl sites for hydroxylation is 1. The minimum absolute atomic E-state index is 0.0374. The van der Waals surface area contributed by atoms with Crippen LogP contribution in [0.15, 0.2) is 42.5 Å². The molecule has 0 aromatic heterocycles. The van der Waals surface area contributed by atoms with Crippen LogP contribution in [0.5, 0.6) is 5.75 Å². The SMILES string of the molecule is Cc1cccc(OCC(=O)Nc2cc(Cl)ccc2F)c1. The zero-order valence-electron chi connectivity index (χ0n) is 10.8. The lowest BCUT2D eigenvalue weighted by Crippen LogP contribution is -2.20. The number of hydrogen-bond acceptors (Lipinski definition) is 2. The van der Waals surface area contributed by atoms with Gasteiger partial charge in [0.05, 0.1) is 5.69 Å². The molecule has 104 valence electrons. The summed E-state index contributed by atoms with van der Waals surface area (Å²) in [4.78, 5) is 11.7. The maximum Gasteiger partial charge on any atom is 0.262 e. The summed E-state index contributed by atoms with van der Waals surface area (Å²) in [5, 5.41) is 2.76. The van der Waals surface area contributed by atoms with Gasteiger partial charge in [-0.05, 0) is 42.8 Å². The number of amides is 1. The summed E-state index contributed by atoms with van der Waals surface area (Å²) >= 11 is 5.74. The number of nitrogens with one attached hydrogen (secondary N) is 1. The number of carbonyl (C=O) groups excluding carboxylic acids is 1. The number of carbonyl (C=O) groups is 1. The fourth-order valence-electron chi connectivity index (χ4n) is 1.63. The van der Waals surface area contributed by atoms with Gasteiger partial charge in [0, 0.05) is 5.02 Å². The largest absolute Gasteiger partial charge is 0.484 e. The Hall–Kier alpha value is -2.07. The molecule has 0 saturated heterocycles. The number of anilines is 1. The molecular formula is C15H13ClFNO2. The summed E-state index contributed by atoms with van der Waals surface area (Å²) in [6.45, 7) is 1.73. The van der Waals surface area contributed by atoms with Crippen molar-refractivity contribution in [3.05, 3.63) is 58.9 Å². The molecule has 0 aliphatic rings. The van der Waals surface area contributed by atoms with Gasteiger partial charge in [-0.1, -0.05) is 23.7 Å². The van der Waals surface area contributed by atoms with Crippen LogP contribution in [0.25, 0.3) is 0 Å². The smallest absolute Gasteiger partial charge is 0.262 e. The van der Waals surface area contributed by atoms with Gasteiger partial charge in [0.2, 0.25) is 0 Å². The first kappa shape index (κ1) is 14.3. The van der Waals surface area contributed by atoms with E-state index in [1.165, 1.54) is 18.2 Å². The van der Waals surface area contributed by atoms with Crippen molar-refractivity contribution in [3.63, 3.8) is 0 Å². The monoisotopic (exact) mass is 293 g/mol. The van der Waals surface area contributed by atoms with Gasteiger partial charge in [-0.15, -0.1) is 0 Å². The minimum Gasteiger partial charge on any atom is -0.484 e. The second-order valence-electron chi connectivity index (χ2n) is 4.28. The van der Waals surface area contributed by atoms with E-state index in [1.807, 2.05) is 25.1 Å². The van der Waals surface area contributed by atoms with E-state index in [0.717, 1.165) is 5.56 Å². The number of hydrogen-bond donors (Lipinski definition) is 1. The van der Waals surface area contributed by atoms with Crippen LogP contribution < -0.4 is 10.1 Å². The summed E-state index contributed by atoms with van der Waals surface area (Å²) in [5.41, 5.74) is 1.07. The molecular weight excluding hydrogens is 281 g/mol. The molecule has 0 atom stereocenters. The average molecular weight is 294 g/mol. The molecule has 1 amide bonds. The Balaban J connectivity index is 1.94. The van der Waals surface area contributed by atoms with Crippen LogP contribution in [0.1, 0.15) is 5.56 Å². The van der Waals surface area contributed by atoms with E-state index >= 15 is 0 Å². The molecule has 2 rings (SSSR count). The number of benzene rings is 2. The second-order valence-corrected chi connectivity index (χ2v) is 4.71. The van der Waals surface area contributed by atoms with Gasteiger partial charge in [-0.2, -0.15) is 0 Å². The molecule has 0 bridgehead atoms. The summed E-state index contributed by atoms with van der Waals surface area (Å²) in [5.74, 6) is -0.405. The Kier molecular flexibility index (Phi) is 4.58. The fraction of sp³-hybridized carbons (Fsp3) is 0.133. The van der Waals surface area contributed by atoms with Gasteiger partial charge in [0.25, 0.3) is 5.91 Å². The molecule has 3 nitrogen and oxygen atoms in total. The Bertz CT molecular complexity index is 631. The Morgan fingerprint density at radius 3 is 2.85 bits per heavy atom. The number of rotatable bonds is 4. The summed E-state index contributed by atoms with van der Waals surface area (Å²) in [6, 6.07) is 11.3. The average Bonchev–Trinajstić information content (AvgIpc) is 2.41. The topological polar surface area (TPSA) is 38.3 Å². The van der Waals surface area contributed by atoms with Gasteiger partial charge in [-0.3, -0.25) is 4.79 Å². The molecule has 0 aliphatic carbocycles. The Morgan fingerprint density at radius 2 is 2.10 bits per heavy atom. The number of halogens is 2. The summed E-state index contributed by atoms with van der Waals surface area (Å²) in [6.07, 6.45) is 0. The molecule has 2 aromatic rings. The normalized spacial score (nSPS) is 10.2. The van der Waals surface area contributed by atoms with Gasteiger partial charge < -0.3 is 10.1 Å². The molecule has 0 heterocycles. The van der Waals surface area contributed by atoms with E-state index in [9.17, 15) is 9.18 Å². The highest BCUT2D eigenvalue weighted by atomic mass is 35.5. The molecule has 1 N–H and O–H groups in total. The molecule has 20 heavy (non-hydrogen) atoms. The zero-order valence-corrected chi connectivity index (χ0v) is 11.6. The van der Waals surface area contributed by atoms with Crippen LogP contribution in [0.4, 0.5) is 10.1 Å². The molecule has 0 fully saturated rings. The van der Waals surface area contributed by atoms with Gasteiger partial charge >= 0.3 is 0 Å². The third-order valence-corrected chi connectivity index (χ3v) is 2.80. The van der Waals surface area contributed by atoms with Crippen molar-refractivity contribution in [3.8, 4) is 5.75 Å². The zero-order chi connectivity index (χ0) is 14.5. The minimum atomic E-state index is -0.543. The molecule has 2 aromatic carbocycles. The van der Waals surface area contributed by atoms with Crippen molar-refractivity contribution in [1.82, 2.24) is 0 Å². The molecule has 0 saturated carbocycles. The number of ether oxygens (including phenoxy) is 1. The highest BCUT2D eigenvalue weighted by Gasteiger charge is 2.08. The predicted octanol–water partition coefficient (Wildman–Crippen LogP) is 3.81. The molecule has 0 aliphatic heterocycles. The second kappa shape index (κ2) is 6.39. The fourth-order valence-corrected chi connectivity index (χ4v) is 1.81. The van der Waals surface area contributed by atoms with Crippen molar-refractivity contribution >= 4 is 23.2 Å². The van der Waals surface area contributed by atoms with Crippen molar-refractivity contribution in [2.75, 3.05) is 11.9 Å². The van der Waals surface area contributed by atoms with E-state index in [-0.39, 0.29) is 12.3 Å². The highest BCUT2D eigenvalue weighted by molar-refractivity contribution is 6.30. The van der Waals surface area contributed by atoms with Crippen LogP contribution in [-0.4, -0.2) is 12.5 Å². The maximum atomic E-state index is 13.4. The van der Waals surface area contributed by atoms with Crippen LogP contribution in [0, 0.1) is 12.7 Å². The van der Waals surface area contributed by atoms with Gasteiger partial charge in [-0.25, -0.2) is 4.39 Å². The van der Waals surface area contributed by atoms with Crippen LogP contribution in [0.3, 0.4) is 0 Å². The van der Waals surface area contributed by atoms with Crippen molar-refractivity contribution in [2.45, 2.75) is 6.92 Å². The van der Waals surface area contributed by atoms with E-state index in [2.05, 4.69) is 5.32 Å². The highest BCUT2D eigenvalue weighted by Crippen LogP contribution is 2.19.